The maximum Gasteiger partial charge on any atom is 0.235 e. The van der Waals surface area contributed by atoms with E-state index in [1.807, 2.05) is 84.2 Å². The standard InChI is InChI=1S/C27H22N4OS2/c1-19-12-14-21(15-13-19)23-16-25(31(30-23)22-10-6-3-7-11-22)29-26(32)18-34-27-28-24(17-33-27)20-8-4-2-5-9-20/h2-17H,18H2,1H3,(H,29,32). The molecule has 0 spiro atoms. The van der Waals surface area contributed by atoms with Crippen molar-refractivity contribution >= 4 is 34.8 Å². The molecule has 5 aromatic rings. The lowest BCUT2D eigenvalue weighted by atomic mass is 10.1. The van der Waals surface area contributed by atoms with Gasteiger partial charge in [0.2, 0.25) is 5.91 Å². The first kappa shape index (κ1) is 22.1. The number of amides is 1. The summed E-state index contributed by atoms with van der Waals surface area (Å²) in [5, 5.41) is 9.83. The summed E-state index contributed by atoms with van der Waals surface area (Å²) < 4.78 is 2.64. The number of benzene rings is 3. The zero-order valence-corrected chi connectivity index (χ0v) is 20.1. The molecule has 0 unspecified atom stereocenters. The second-order valence-electron chi connectivity index (χ2n) is 7.73. The summed E-state index contributed by atoms with van der Waals surface area (Å²) in [6.45, 7) is 2.06. The minimum absolute atomic E-state index is 0.103. The summed E-state index contributed by atoms with van der Waals surface area (Å²) in [6, 6.07) is 30.0. The molecular formula is C27H22N4OS2. The van der Waals surface area contributed by atoms with Gasteiger partial charge in [0.1, 0.15) is 5.82 Å². The predicted octanol–water partition coefficient (Wildman–Crippen LogP) is 6.70. The summed E-state index contributed by atoms with van der Waals surface area (Å²) in [4.78, 5) is 17.5. The van der Waals surface area contributed by atoms with E-state index in [9.17, 15) is 4.79 Å². The minimum atomic E-state index is -0.103. The maximum absolute atomic E-state index is 12.8. The van der Waals surface area contributed by atoms with Crippen molar-refractivity contribution in [1.82, 2.24) is 14.8 Å². The number of hydrogen-bond donors (Lipinski definition) is 1. The first-order valence-corrected chi connectivity index (χ1v) is 12.7. The molecule has 2 aromatic heterocycles. The molecule has 0 fully saturated rings. The molecule has 1 N–H and O–H groups in total. The Kier molecular flexibility index (Phi) is 6.56. The van der Waals surface area contributed by atoms with Gasteiger partial charge in [0.05, 0.1) is 22.8 Å². The van der Waals surface area contributed by atoms with Crippen LogP contribution in [0.3, 0.4) is 0 Å². The van der Waals surface area contributed by atoms with E-state index >= 15 is 0 Å². The van der Waals surface area contributed by atoms with Crippen LogP contribution in [0.1, 0.15) is 5.56 Å². The van der Waals surface area contributed by atoms with E-state index in [2.05, 4.69) is 29.4 Å². The lowest BCUT2D eigenvalue weighted by Crippen LogP contribution is -2.16. The van der Waals surface area contributed by atoms with Crippen LogP contribution in [0.5, 0.6) is 0 Å². The number of nitrogens with zero attached hydrogens (tertiary/aromatic N) is 3. The van der Waals surface area contributed by atoms with Crippen LogP contribution < -0.4 is 5.32 Å². The van der Waals surface area contributed by atoms with Gasteiger partial charge in [-0.3, -0.25) is 4.79 Å². The van der Waals surface area contributed by atoms with Crippen LogP contribution in [-0.2, 0) is 4.79 Å². The number of carbonyl (C=O) groups excluding carboxylic acids is 1. The van der Waals surface area contributed by atoms with Gasteiger partial charge in [-0.05, 0) is 19.1 Å². The molecule has 5 nitrogen and oxygen atoms in total. The molecule has 0 atom stereocenters. The lowest BCUT2D eigenvalue weighted by molar-refractivity contribution is -0.113. The predicted molar refractivity (Wildman–Crippen MR) is 141 cm³/mol. The highest BCUT2D eigenvalue weighted by molar-refractivity contribution is 8.01. The Labute approximate surface area is 206 Å². The monoisotopic (exact) mass is 482 g/mol. The van der Waals surface area contributed by atoms with Crippen molar-refractivity contribution in [2.75, 3.05) is 11.1 Å². The SMILES string of the molecule is Cc1ccc(-c2cc(NC(=O)CSc3nc(-c4ccccc4)cs3)n(-c3ccccc3)n2)cc1. The Morgan fingerprint density at radius 2 is 1.59 bits per heavy atom. The van der Waals surface area contributed by atoms with Crippen LogP contribution in [0, 0.1) is 6.92 Å². The second kappa shape index (κ2) is 10.1. The van der Waals surface area contributed by atoms with Crippen molar-refractivity contribution in [3.8, 4) is 28.2 Å². The summed E-state index contributed by atoms with van der Waals surface area (Å²) in [5.74, 6) is 0.798. The first-order chi connectivity index (χ1) is 16.7. The zero-order chi connectivity index (χ0) is 23.3. The highest BCUT2D eigenvalue weighted by Crippen LogP contribution is 2.29. The third kappa shape index (κ3) is 5.11. The Balaban J connectivity index is 1.32. The number of carbonyl (C=O) groups is 1. The summed E-state index contributed by atoms with van der Waals surface area (Å²) >= 11 is 2.98. The fraction of sp³-hybridized carbons (Fsp3) is 0.0741. The third-order valence-corrected chi connectivity index (χ3v) is 7.23. The first-order valence-electron chi connectivity index (χ1n) is 10.8. The number of anilines is 1. The number of thiazole rings is 1. The van der Waals surface area contributed by atoms with Crippen LogP contribution in [-0.4, -0.2) is 26.4 Å². The number of aryl methyl sites for hydroxylation is 1. The molecule has 168 valence electrons. The van der Waals surface area contributed by atoms with E-state index in [-0.39, 0.29) is 11.7 Å². The number of rotatable bonds is 7. The average Bonchev–Trinajstić information content (AvgIpc) is 3.52. The number of para-hydroxylation sites is 1. The molecule has 7 heteroatoms. The van der Waals surface area contributed by atoms with Gasteiger partial charge in [-0.15, -0.1) is 11.3 Å². The smallest absolute Gasteiger partial charge is 0.235 e. The lowest BCUT2D eigenvalue weighted by Gasteiger charge is -2.08. The Morgan fingerprint density at radius 3 is 2.32 bits per heavy atom. The Hall–Kier alpha value is -3.68. The molecule has 0 saturated heterocycles. The van der Waals surface area contributed by atoms with Crippen molar-refractivity contribution in [3.63, 3.8) is 0 Å². The number of hydrogen-bond acceptors (Lipinski definition) is 5. The van der Waals surface area contributed by atoms with Gasteiger partial charge in [0, 0.05) is 22.6 Å². The Bertz CT molecular complexity index is 1390. The van der Waals surface area contributed by atoms with E-state index in [1.165, 1.54) is 17.3 Å². The van der Waals surface area contributed by atoms with Gasteiger partial charge < -0.3 is 5.32 Å². The van der Waals surface area contributed by atoms with Crippen LogP contribution in [0.2, 0.25) is 0 Å². The van der Waals surface area contributed by atoms with Crippen molar-refractivity contribution in [1.29, 1.82) is 0 Å². The molecule has 0 aliphatic heterocycles. The molecule has 1 amide bonds. The van der Waals surface area contributed by atoms with Gasteiger partial charge in [-0.25, -0.2) is 9.67 Å². The van der Waals surface area contributed by atoms with Crippen LogP contribution >= 0.6 is 23.1 Å². The molecule has 0 saturated carbocycles. The topological polar surface area (TPSA) is 59.8 Å². The van der Waals surface area contributed by atoms with Crippen molar-refractivity contribution in [2.45, 2.75) is 11.3 Å². The molecule has 0 bridgehead atoms. The average molecular weight is 483 g/mol. The highest BCUT2D eigenvalue weighted by Gasteiger charge is 2.15. The normalized spacial score (nSPS) is 10.9. The molecule has 0 aliphatic carbocycles. The van der Waals surface area contributed by atoms with E-state index in [4.69, 9.17) is 5.10 Å². The van der Waals surface area contributed by atoms with E-state index in [1.54, 1.807) is 16.0 Å². The molecule has 2 heterocycles. The molecular weight excluding hydrogens is 460 g/mol. The molecule has 3 aromatic carbocycles. The fourth-order valence-electron chi connectivity index (χ4n) is 3.47. The molecule has 0 radical (unpaired) electrons. The maximum atomic E-state index is 12.8. The van der Waals surface area contributed by atoms with Crippen molar-refractivity contribution in [3.05, 3.63) is 102 Å². The Morgan fingerprint density at radius 1 is 0.912 bits per heavy atom. The second-order valence-corrected chi connectivity index (χ2v) is 9.81. The largest absolute Gasteiger partial charge is 0.310 e. The van der Waals surface area contributed by atoms with Crippen LogP contribution in [0.15, 0.2) is 101 Å². The molecule has 5 rings (SSSR count). The van der Waals surface area contributed by atoms with E-state index in [0.29, 0.717) is 5.82 Å². The van der Waals surface area contributed by atoms with E-state index in [0.717, 1.165) is 32.5 Å². The van der Waals surface area contributed by atoms with Crippen LogP contribution in [0.25, 0.3) is 28.2 Å². The molecule has 0 aliphatic rings. The zero-order valence-electron chi connectivity index (χ0n) is 18.5. The summed E-state index contributed by atoms with van der Waals surface area (Å²) in [7, 11) is 0. The fourth-order valence-corrected chi connectivity index (χ4v) is 5.11. The summed E-state index contributed by atoms with van der Waals surface area (Å²) in [5.41, 5.74) is 5.88. The van der Waals surface area contributed by atoms with Crippen molar-refractivity contribution in [2.24, 2.45) is 0 Å². The quantitative estimate of drug-likeness (QED) is 0.262. The van der Waals surface area contributed by atoms with Gasteiger partial charge in [-0.1, -0.05) is 90.1 Å². The van der Waals surface area contributed by atoms with Gasteiger partial charge in [0.25, 0.3) is 0 Å². The van der Waals surface area contributed by atoms with Gasteiger partial charge in [-0.2, -0.15) is 5.10 Å². The number of thioether (sulfide) groups is 1. The number of aromatic nitrogens is 3. The highest BCUT2D eigenvalue weighted by atomic mass is 32.2. The third-order valence-electron chi connectivity index (χ3n) is 5.20. The van der Waals surface area contributed by atoms with Crippen LogP contribution in [0.4, 0.5) is 5.82 Å². The molecule has 34 heavy (non-hydrogen) atoms. The van der Waals surface area contributed by atoms with Crippen molar-refractivity contribution < 1.29 is 4.79 Å². The summed E-state index contributed by atoms with van der Waals surface area (Å²) in [6.07, 6.45) is 0. The number of nitrogens with one attached hydrogen (secondary N) is 1. The van der Waals surface area contributed by atoms with Gasteiger partial charge in [0.15, 0.2) is 4.34 Å². The van der Waals surface area contributed by atoms with E-state index < -0.39 is 0 Å². The minimum Gasteiger partial charge on any atom is -0.310 e. The van der Waals surface area contributed by atoms with Gasteiger partial charge >= 0.3 is 0 Å².